The number of rotatable bonds is 10. The van der Waals surface area contributed by atoms with Gasteiger partial charge in [-0.2, -0.15) is 11.3 Å². The molecule has 128 valence electrons. The highest BCUT2D eigenvalue weighted by Gasteiger charge is 1.98. The van der Waals surface area contributed by atoms with Gasteiger partial charge < -0.3 is 15.5 Å². The number of hydrogen-bond acceptors (Lipinski definition) is 3. The number of unbranched alkanes of at least 4 members (excludes halogenated alkanes) is 4. The van der Waals surface area contributed by atoms with E-state index in [9.17, 15) is 0 Å². The van der Waals surface area contributed by atoms with E-state index in [4.69, 9.17) is 0 Å². The van der Waals surface area contributed by atoms with Gasteiger partial charge in [0.2, 0.25) is 0 Å². The van der Waals surface area contributed by atoms with Crippen molar-refractivity contribution in [3.05, 3.63) is 22.4 Å². The average molecular weight is 438 g/mol. The Morgan fingerprint density at radius 1 is 1.14 bits per heavy atom. The fraction of sp³-hybridized carbons (Fsp3) is 0.688. The van der Waals surface area contributed by atoms with Crippen LogP contribution >= 0.6 is 35.3 Å². The van der Waals surface area contributed by atoms with Crippen molar-refractivity contribution in [3.8, 4) is 0 Å². The van der Waals surface area contributed by atoms with Gasteiger partial charge in [0.05, 0.1) is 0 Å². The molecule has 0 aromatic carbocycles. The lowest BCUT2D eigenvalue weighted by Crippen LogP contribution is -2.37. The van der Waals surface area contributed by atoms with Gasteiger partial charge in [-0.05, 0) is 55.9 Å². The topological polar surface area (TPSA) is 39.7 Å². The van der Waals surface area contributed by atoms with Crippen LogP contribution in [0.15, 0.2) is 21.8 Å². The Balaban J connectivity index is 0.00000441. The minimum absolute atomic E-state index is 0. The highest BCUT2D eigenvalue weighted by Crippen LogP contribution is 2.05. The minimum Gasteiger partial charge on any atom is -0.356 e. The molecular formula is C16H31IN4S. The van der Waals surface area contributed by atoms with Crippen molar-refractivity contribution in [1.29, 1.82) is 0 Å². The monoisotopic (exact) mass is 438 g/mol. The second-order valence-electron chi connectivity index (χ2n) is 5.56. The summed E-state index contributed by atoms with van der Waals surface area (Å²) in [6.07, 6.45) is 6.48. The summed E-state index contributed by atoms with van der Waals surface area (Å²) in [5, 5.41) is 11.0. The van der Waals surface area contributed by atoms with Crippen molar-refractivity contribution in [2.45, 2.75) is 38.6 Å². The molecule has 0 atom stereocenters. The highest BCUT2D eigenvalue weighted by molar-refractivity contribution is 14.0. The Kier molecular flexibility index (Phi) is 14.0. The van der Waals surface area contributed by atoms with Crippen LogP contribution in [-0.4, -0.2) is 45.1 Å². The van der Waals surface area contributed by atoms with E-state index in [-0.39, 0.29) is 24.0 Å². The lowest BCUT2D eigenvalue weighted by molar-refractivity contribution is 0.389. The summed E-state index contributed by atoms with van der Waals surface area (Å²) in [6.45, 7) is 3.04. The molecule has 0 spiro atoms. The summed E-state index contributed by atoms with van der Waals surface area (Å²) in [6, 6.07) is 2.14. The van der Waals surface area contributed by atoms with Crippen LogP contribution in [0.25, 0.3) is 0 Å². The fourth-order valence-corrected chi connectivity index (χ4v) is 2.76. The maximum absolute atomic E-state index is 4.25. The van der Waals surface area contributed by atoms with Gasteiger partial charge in [-0.25, -0.2) is 0 Å². The zero-order chi connectivity index (χ0) is 15.3. The zero-order valence-corrected chi connectivity index (χ0v) is 17.2. The summed E-state index contributed by atoms with van der Waals surface area (Å²) < 4.78 is 0. The van der Waals surface area contributed by atoms with E-state index in [1.807, 2.05) is 7.05 Å². The normalized spacial score (nSPS) is 11.4. The van der Waals surface area contributed by atoms with E-state index in [0.717, 1.165) is 19.0 Å². The lowest BCUT2D eigenvalue weighted by atomic mass is 10.1. The molecule has 0 radical (unpaired) electrons. The second-order valence-corrected chi connectivity index (χ2v) is 6.34. The van der Waals surface area contributed by atoms with Crippen molar-refractivity contribution < 1.29 is 0 Å². The predicted octanol–water partition coefficient (Wildman–Crippen LogP) is 3.54. The molecular weight excluding hydrogens is 407 g/mol. The van der Waals surface area contributed by atoms with Crippen LogP contribution in [0.4, 0.5) is 0 Å². The molecule has 0 aliphatic carbocycles. The number of hydrogen-bond donors (Lipinski definition) is 2. The molecule has 1 aromatic rings. The predicted molar refractivity (Wildman–Crippen MR) is 110 cm³/mol. The van der Waals surface area contributed by atoms with E-state index in [0.29, 0.717) is 0 Å². The van der Waals surface area contributed by atoms with E-state index in [1.54, 1.807) is 11.3 Å². The molecule has 0 fully saturated rings. The van der Waals surface area contributed by atoms with Gasteiger partial charge in [0.1, 0.15) is 0 Å². The summed E-state index contributed by atoms with van der Waals surface area (Å²) in [4.78, 5) is 6.50. The van der Waals surface area contributed by atoms with Crippen LogP contribution in [-0.2, 0) is 6.54 Å². The first-order valence-electron chi connectivity index (χ1n) is 7.82. The Labute approximate surface area is 156 Å². The van der Waals surface area contributed by atoms with Crippen molar-refractivity contribution in [3.63, 3.8) is 0 Å². The Morgan fingerprint density at radius 2 is 1.86 bits per heavy atom. The highest BCUT2D eigenvalue weighted by atomic mass is 127. The summed E-state index contributed by atoms with van der Waals surface area (Å²) in [7, 11) is 6.10. The Bertz CT molecular complexity index is 380. The van der Waals surface area contributed by atoms with Crippen molar-refractivity contribution in [2.24, 2.45) is 4.99 Å². The van der Waals surface area contributed by atoms with Crippen molar-refractivity contribution in [1.82, 2.24) is 15.5 Å². The Hall–Kier alpha value is -0.340. The van der Waals surface area contributed by atoms with Crippen molar-refractivity contribution in [2.75, 3.05) is 34.2 Å². The first-order chi connectivity index (χ1) is 10.2. The smallest absolute Gasteiger partial charge is 0.191 e. The quantitative estimate of drug-likeness (QED) is 0.254. The molecule has 1 aromatic heterocycles. The third kappa shape index (κ3) is 11.3. The second kappa shape index (κ2) is 14.3. The molecule has 22 heavy (non-hydrogen) atoms. The molecule has 0 saturated carbocycles. The first kappa shape index (κ1) is 21.7. The Morgan fingerprint density at radius 3 is 2.50 bits per heavy atom. The van der Waals surface area contributed by atoms with E-state index in [1.165, 1.54) is 44.2 Å². The average Bonchev–Trinajstić information content (AvgIpc) is 2.98. The summed E-state index contributed by atoms with van der Waals surface area (Å²) in [5.74, 6) is 0.897. The number of nitrogens with zero attached hydrogens (tertiary/aromatic N) is 2. The molecule has 4 nitrogen and oxygen atoms in total. The van der Waals surface area contributed by atoms with Gasteiger partial charge in [-0.15, -0.1) is 24.0 Å². The van der Waals surface area contributed by atoms with Crippen LogP contribution in [0.5, 0.6) is 0 Å². The third-order valence-electron chi connectivity index (χ3n) is 3.34. The van der Waals surface area contributed by atoms with Gasteiger partial charge in [0.15, 0.2) is 5.96 Å². The molecule has 6 heteroatoms. The van der Waals surface area contributed by atoms with Gasteiger partial charge >= 0.3 is 0 Å². The molecule has 0 bridgehead atoms. The van der Waals surface area contributed by atoms with Gasteiger partial charge in [0.25, 0.3) is 0 Å². The van der Waals surface area contributed by atoms with Crippen LogP contribution in [0.2, 0.25) is 0 Å². The first-order valence-corrected chi connectivity index (χ1v) is 8.77. The molecule has 2 N–H and O–H groups in total. The van der Waals surface area contributed by atoms with Gasteiger partial charge in [0, 0.05) is 20.1 Å². The van der Waals surface area contributed by atoms with E-state index < -0.39 is 0 Å². The van der Waals surface area contributed by atoms with E-state index >= 15 is 0 Å². The maximum atomic E-state index is 4.25. The fourth-order valence-electron chi connectivity index (χ4n) is 2.09. The van der Waals surface area contributed by atoms with Crippen LogP contribution in [0, 0.1) is 0 Å². The molecule has 0 amide bonds. The molecule has 1 heterocycles. The standard InChI is InChI=1S/C16H30N4S.HI/c1-17-16(19-13-15-9-12-21-14-15)18-10-7-5-4-6-8-11-20(2)3;/h9,12,14H,4-8,10-11,13H2,1-3H3,(H2,17,18,19);1H. The SMILES string of the molecule is CN=C(NCCCCCCCN(C)C)NCc1ccsc1.I. The molecule has 0 aliphatic rings. The molecule has 0 aliphatic heterocycles. The largest absolute Gasteiger partial charge is 0.356 e. The van der Waals surface area contributed by atoms with Crippen LogP contribution in [0.3, 0.4) is 0 Å². The molecule has 0 saturated heterocycles. The lowest BCUT2D eigenvalue weighted by Gasteiger charge is -2.11. The van der Waals surface area contributed by atoms with Crippen molar-refractivity contribution >= 4 is 41.3 Å². The van der Waals surface area contributed by atoms with Crippen LogP contribution < -0.4 is 10.6 Å². The summed E-state index contributed by atoms with van der Waals surface area (Å²) in [5.41, 5.74) is 1.31. The van der Waals surface area contributed by atoms with Gasteiger partial charge in [-0.3, -0.25) is 4.99 Å². The van der Waals surface area contributed by atoms with E-state index in [2.05, 4.69) is 51.4 Å². The van der Waals surface area contributed by atoms with Gasteiger partial charge in [-0.1, -0.05) is 19.3 Å². The molecule has 1 rings (SSSR count). The number of guanidine groups is 1. The minimum atomic E-state index is 0. The zero-order valence-electron chi connectivity index (χ0n) is 14.1. The number of thiophene rings is 1. The molecule has 0 unspecified atom stereocenters. The van der Waals surface area contributed by atoms with Crippen LogP contribution in [0.1, 0.15) is 37.7 Å². The number of nitrogens with one attached hydrogen (secondary N) is 2. The third-order valence-corrected chi connectivity index (χ3v) is 4.07. The maximum Gasteiger partial charge on any atom is 0.191 e. The number of aliphatic imine (C=N–C) groups is 1. The summed E-state index contributed by atoms with van der Waals surface area (Å²) >= 11 is 1.73. The number of halogens is 1.